The Bertz CT molecular complexity index is 744. The molecule has 0 fully saturated rings. The summed E-state index contributed by atoms with van der Waals surface area (Å²) < 4.78 is 7.29. The number of nitrogens with zero attached hydrogens (tertiary/aromatic N) is 2. The number of anilines is 1. The van der Waals surface area contributed by atoms with Gasteiger partial charge in [-0.1, -0.05) is 12.1 Å². The van der Waals surface area contributed by atoms with E-state index in [2.05, 4.69) is 59.5 Å². The summed E-state index contributed by atoms with van der Waals surface area (Å²) >= 11 is 6.97. The lowest BCUT2D eigenvalue weighted by atomic mass is 10.2. The first-order valence-electron chi connectivity index (χ1n) is 6.27. The molecule has 0 unspecified atom stereocenters. The van der Waals surface area contributed by atoms with E-state index in [-0.39, 0.29) is 0 Å². The molecular formula is C15H11Br2N3O. The highest BCUT2D eigenvalue weighted by Crippen LogP contribution is 2.25. The van der Waals surface area contributed by atoms with Gasteiger partial charge >= 0.3 is 0 Å². The van der Waals surface area contributed by atoms with Crippen molar-refractivity contribution in [3.63, 3.8) is 0 Å². The first-order valence-corrected chi connectivity index (χ1v) is 7.85. The zero-order chi connectivity index (χ0) is 14.7. The summed E-state index contributed by atoms with van der Waals surface area (Å²) in [6.45, 7) is 0.735. The Morgan fingerprint density at radius 3 is 2.71 bits per heavy atom. The summed E-state index contributed by atoms with van der Waals surface area (Å²) in [5, 5.41) is 11.0. The molecule has 0 amide bonds. The minimum atomic E-state index is 0.519. The van der Waals surface area contributed by atoms with E-state index < -0.39 is 0 Å². The van der Waals surface area contributed by atoms with Crippen molar-refractivity contribution in [3.05, 3.63) is 63.4 Å². The lowest BCUT2D eigenvalue weighted by molar-refractivity contribution is 0.568. The first kappa shape index (κ1) is 14.3. The predicted octanol–water partition coefficient (Wildman–Crippen LogP) is 4.87. The van der Waals surface area contributed by atoms with Crippen molar-refractivity contribution in [1.82, 2.24) is 10.2 Å². The van der Waals surface area contributed by atoms with Crippen molar-refractivity contribution in [2.75, 3.05) is 5.32 Å². The van der Waals surface area contributed by atoms with E-state index >= 15 is 0 Å². The molecule has 0 aliphatic heterocycles. The number of hydrogen-bond donors (Lipinski definition) is 1. The SMILES string of the molecule is Brc1ccc(CNc2cccc(-c3nnco3)c2)cc1Br. The Balaban J connectivity index is 1.73. The van der Waals surface area contributed by atoms with Crippen molar-refractivity contribution in [2.45, 2.75) is 6.54 Å². The lowest BCUT2D eigenvalue weighted by Gasteiger charge is -2.08. The second-order valence-corrected chi connectivity index (χ2v) is 6.14. The molecule has 0 aliphatic rings. The number of hydrogen-bond acceptors (Lipinski definition) is 4. The average Bonchev–Trinajstić information content (AvgIpc) is 3.03. The van der Waals surface area contributed by atoms with Crippen LogP contribution in [0.4, 0.5) is 5.69 Å². The van der Waals surface area contributed by atoms with Gasteiger partial charge < -0.3 is 9.73 Å². The van der Waals surface area contributed by atoms with Crippen molar-refractivity contribution in [2.24, 2.45) is 0 Å². The van der Waals surface area contributed by atoms with Crippen LogP contribution in [0.1, 0.15) is 5.56 Å². The molecule has 1 heterocycles. The molecule has 1 N–H and O–H groups in total. The maximum atomic E-state index is 5.20. The quantitative estimate of drug-likeness (QED) is 0.668. The fraction of sp³-hybridized carbons (Fsp3) is 0.0667. The second-order valence-electron chi connectivity index (χ2n) is 4.43. The van der Waals surface area contributed by atoms with Gasteiger partial charge in [0.15, 0.2) is 0 Å². The number of nitrogens with one attached hydrogen (secondary N) is 1. The van der Waals surface area contributed by atoms with Gasteiger partial charge in [-0.2, -0.15) is 0 Å². The molecule has 0 radical (unpaired) electrons. The molecular weight excluding hydrogens is 398 g/mol. The summed E-state index contributed by atoms with van der Waals surface area (Å²) in [4.78, 5) is 0. The Labute approximate surface area is 138 Å². The molecule has 3 aromatic rings. The smallest absolute Gasteiger partial charge is 0.247 e. The normalized spacial score (nSPS) is 10.6. The minimum Gasteiger partial charge on any atom is -0.423 e. The van der Waals surface area contributed by atoms with Crippen molar-refractivity contribution in [3.8, 4) is 11.5 Å². The molecule has 0 spiro atoms. The van der Waals surface area contributed by atoms with Crippen LogP contribution in [0, 0.1) is 0 Å². The van der Waals surface area contributed by atoms with Crippen LogP contribution in [0.15, 0.2) is 62.2 Å². The Morgan fingerprint density at radius 1 is 1.05 bits per heavy atom. The van der Waals surface area contributed by atoms with E-state index in [0.29, 0.717) is 5.89 Å². The number of rotatable bonds is 4. The number of benzene rings is 2. The van der Waals surface area contributed by atoms with E-state index in [4.69, 9.17) is 4.42 Å². The van der Waals surface area contributed by atoms with E-state index in [1.165, 1.54) is 12.0 Å². The summed E-state index contributed by atoms with van der Waals surface area (Å²) in [6, 6.07) is 14.1. The van der Waals surface area contributed by atoms with Crippen LogP contribution in [0.25, 0.3) is 11.5 Å². The summed E-state index contributed by atoms with van der Waals surface area (Å²) in [7, 11) is 0. The monoisotopic (exact) mass is 407 g/mol. The van der Waals surface area contributed by atoms with Gasteiger partial charge in [0.1, 0.15) is 0 Å². The average molecular weight is 409 g/mol. The highest BCUT2D eigenvalue weighted by atomic mass is 79.9. The topological polar surface area (TPSA) is 51.0 Å². The zero-order valence-corrected chi connectivity index (χ0v) is 14.1. The molecule has 6 heteroatoms. The Kier molecular flexibility index (Phi) is 4.36. The summed E-state index contributed by atoms with van der Waals surface area (Å²) in [5.41, 5.74) is 3.09. The summed E-state index contributed by atoms with van der Waals surface area (Å²) in [6.07, 6.45) is 1.33. The van der Waals surface area contributed by atoms with Crippen LogP contribution < -0.4 is 5.32 Å². The van der Waals surface area contributed by atoms with Gasteiger partial charge in [0, 0.05) is 26.7 Å². The largest absolute Gasteiger partial charge is 0.423 e. The van der Waals surface area contributed by atoms with Crippen LogP contribution in [0.2, 0.25) is 0 Å². The third-order valence-electron chi connectivity index (χ3n) is 2.95. The molecule has 4 nitrogen and oxygen atoms in total. The third-order valence-corrected chi connectivity index (χ3v) is 4.83. The standard InChI is InChI=1S/C15H11Br2N3O/c16-13-5-4-10(6-14(13)17)8-18-12-3-1-2-11(7-12)15-20-19-9-21-15/h1-7,9,18H,8H2. The molecule has 0 aliphatic carbocycles. The molecule has 3 rings (SSSR count). The maximum absolute atomic E-state index is 5.20. The fourth-order valence-corrected chi connectivity index (χ4v) is 2.59. The van der Waals surface area contributed by atoms with Gasteiger partial charge in [0.2, 0.25) is 12.3 Å². The highest BCUT2D eigenvalue weighted by molar-refractivity contribution is 9.13. The van der Waals surface area contributed by atoms with Crippen LogP contribution >= 0.6 is 31.9 Å². The minimum absolute atomic E-state index is 0.519. The van der Waals surface area contributed by atoms with Gasteiger partial charge in [-0.25, -0.2) is 0 Å². The molecule has 0 saturated heterocycles. The van der Waals surface area contributed by atoms with Gasteiger partial charge in [0.25, 0.3) is 0 Å². The Morgan fingerprint density at radius 2 is 1.95 bits per heavy atom. The molecule has 2 aromatic carbocycles. The molecule has 106 valence electrons. The predicted molar refractivity (Wildman–Crippen MR) is 88.9 cm³/mol. The fourth-order valence-electron chi connectivity index (χ4n) is 1.91. The molecule has 1 aromatic heterocycles. The molecule has 0 atom stereocenters. The van der Waals surface area contributed by atoms with Gasteiger partial charge in [-0.05, 0) is 67.8 Å². The van der Waals surface area contributed by atoms with Crippen LogP contribution in [-0.4, -0.2) is 10.2 Å². The van der Waals surface area contributed by atoms with Crippen LogP contribution in [0.5, 0.6) is 0 Å². The number of halogens is 2. The van der Waals surface area contributed by atoms with Crippen molar-refractivity contribution >= 4 is 37.5 Å². The molecule has 0 bridgehead atoms. The van der Waals surface area contributed by atoms with Gasteiger partial charge in [-0.3, -0.25) is 0 Å². The van der Waals surface area contributed by atoms with Crippen molar-refractivity contribution < 1.29 is 4.42 Å². The first-order chi connectivity index (χ1) is 10.2. The maximum Gasteiger partial charge on any atom is 0.247 e. The lowest BCUT2D eigenvalue weighted by Crippen LogP contribution is -1.99. The third kappa shape index (κ3) is 3.51. The highest BCUT2D eigenvalue weighted by Gasteiger charge is 2.04. The second kappa shape index (κ2) is 6.41. The van der Waals surface area contributed by atoms with Gasteiger partial charge in [-0.15, -0.1) is 10.2 Å². The molecule has 0 saturated carbocycles. The van der Waals surface area contributed by atoms with Crippen LogP contribution in [0.3, 0.4) is 0 Å². The van der Waals surface area contributed by atoms with E-state index in [1.807, 2.05) is 30.3 Å². The zero-order valence-electron chi connectivity index (χ0n) is 10.9. The van der Waals surface area contributed by atoms with Crippen molar-refractivity contribution in [1.29, 1.82) is 0 Å². The van der Waals surface area contributed by atoms with E-state index in [9.17, 15) is 0 Å². The summed E-state index contributed by atoms with van der Waals surface area (Å²) in [5.74, 6) is 0.519. The van der Waals surface area contributed by atoms with Gasteiger partial charge in [0.05, 0.1) is 0 Å². The number of aromatic nitrogens is 2. The molecule has 21 heavy (non-hydrogen) atoms. The Hall–Kier alpha value is -1.66. The van der Waals surface area contributed by atoms with E-state index in [0.717, 1.165) is 26.7 Å². The van der Waals surface area contributed by atoms with Crippen LogP contribution in [-0.2, 0) is 6.54 Å². The van der Waals surface area contributed by atoms with E-state index in [1.54, 1.807) is 0 Å².